The minimum Gasteiger partial charge on any atom is -0.508 e. The lowest BCUT2D eigenvalue weighted by atomic mass is 9.93. The molecule has 0 amide bonds. The molecular weight excluding hydrogens is 521 g/mol. The monoisotopic (exact) mass is 552 g/mol. The lowest BCUT2D eigenvalue weighted by molar-refractivity contribution is -0.137. The quantitative estimate of drug-likeness (QED) is 0.245. The molecule has 5 N–H and O–H groups in total. The molecule has 0 bridgehead atoms. The zero-order valence-corrected chi connectivity index (χ0v) is 21.8. The van der Waals surface area contributed by atoms with Crippen LogP contribution in [0.5, 0.6) is 5.75 Å². The van der Waals surface area contributed by atoms with E-state index in [0.29, 0.717) is 23.1 Å². The van der Waals surface area contributed by atoms with Gasteiger partial charge in [-0.25, -0.2) is 13.1 Å². The highest BCUT2D eigenvalue weighted by atomic mass is 32.2. The average molecular weight is 553 g/mol. The predicted octanol–water partition coefficient (Wildman–Crippen LogP) is 4.03. The minimum atomic E-state index is -4.55. The summed E-state index contributed by atoms with van der Waals surface area (Å²) in [6.45, 7) is 3.74. The second-order valence-corrected chi connectivity index (χ2v) is 11.4. The molecule has 3 aromatic rings. The van der Waals surface area contributed by atoms with Crippen LogP contribution >= 0.6 is 0 Å². The molecule has 11 heteroatoms. The third-order valence-corrected chi connectivity index (χ3v) is 7.45. The van der Waals surface area contributed by atoms with Gasteiger partial charge in [0.15, 0.2) is 0 Å². The van der Waals surface area contributed by atoms with E-state index >= 15 is 0 Å². The van der Waals surface area contributed by atoms with Gasteiger partial charge in [0.25, 0.3) is 0 Å². The first kappa shape index (κ1) is 29.6. The molecule has 0 heterocycles. The number of phenols is 1. The van der Waals surface area contributed by atoms with Crippen molar-refractivity contribution in [2.24, 2.45) is 0 Å². The van der Waals surface area contributed by atoms with Gasteiger partial charge in [-0.05, 0) is 73.4 Å². The second-order valence-electron chi connectivity index (χ2n) is 9.67. The largest absolute Gasteiger partial charge is 0.508 e. The summed E-state index contributed by atoms with van der Waals surface area (Å²) in [4.78, 5) is -0.259. The lowest BCUT2D eigenvalue weighted by Gasteiger charge is -2.28. The lowest BCUT2D eigenvalue weighted by Crippen LogP contribution is -2.43. The van der Waals surface area contributed by atoms with Crippen LogP contribution in [0.3, 0.4) is 0 Å². The Morgan fingerprint density at radius 3 is 2.24 bits per heavy atom. The molecule has 0 spiro atoms. The van der Waals surface area contributed by atoms with Crippen LogP contribution in [0.25, 0.3) is 0 Å². The van der Waals surface area contributed by atoms with Gasteiger partial charge in [-0.1, -0.05) is 30.3 Å². The van der Waals surface area contributed by atoms with Crippen LogP contribution in [0.1, 0.15) is 47.8 Å². The Morgan fingerprint density at radius 2 is 1.61 bits per heavy atom. The average Bonchev–Trinajstić information content (AvgIpc) is 2.86. The summed E-state index contributed by atoms with van der Waals surface area (Å²) in [6.07, 6.45) is -4.87. The molecule has 7 nitrogen and oxygen atoms in total. The number of hydrogen-bond acceptors (Lipinski definition) is 6. The molecule has 38 heavy (non-hydrogen) atoms. The van der Waals surface area contributed by atoms with E-state index < -0.39 is 33.4 Å². The van der Waals surface area contributed by atoms with Gasteiger partial charge in [0.2, 0.25) is 10.0 Å². The van der Waals surface area contributed by atoms with E-state index in [1.807, 2.05) is 26.0 Å². The Hall–Kier alpha value is -2.96. The van der Waals surface area contributed by atoms with Crippen LogP contribution < -0.4 is 10.0 Å². The minimum absolute atomic E-state index is 0.0433. The fourth-order valence-corrected chi connectivity index (χ4v) is 4.96. The molecule has 0 radical (unpaired) electrons. The Labute approximate surface area is 220 Å². The Morgan fingerprint density at radius 1 is 0.947 bits per heavy atom. The number of aliphatic hydroxyl groups is 2. The predicted molar refractivity (Wildman–Crippen MR) is 137 cm³/mol. The van der Waals surface area contributed by atoms with Gasteiger partial charge in [-0.3, -0.25) is 0 Å². The van der Waals surface area contributed by atoms with Gasteiger partial charge in [0, 0.05) is 24.2 Å². The van der Waals surface area contributed by atoms with E-state index in [0.717, 1.165) is 29.8 Å². The summed E-state index contributed by atoms with van der Waals surface area (Å²) in [6, 6.07) is 15.1. The number of aromatic hydroxyl groups is 1. The smallest absolute Gasteiger partial charge is 0.416 e. The molecule has 0 saturated heterocycles. The van der Waals surface area contributed by atoms with Crippen LogP contribution in [-0.2, 0) is 35.8 Å². The highest BCUT2D eigenvalue weighted by Crippen LogP contribution is 2.29. The normalized spacial score (nSPS) is 13.4. The van der Waals surface area contributed by atoms with E-state index in [2.05, 4.69) is 10.0 Å². The number of β-amino-alcohol motifs (C(OH)–C–C–N with tert-alkyl or cyclic N) is 1. The summed E-state index contributed by atoms with van der Waals surface area (Å²) in [7, 11) is -4.01. The third-order valence-electron chi connectivity index (χ3n) is 6.03. The first-order valence-electron chi connectivity index (χ1n) is 11.8. The Kier molecular flexibility index (Phi) is 9.21. The standard InChI is InChI=1S/C27H31F3N2O5S/c1-26(2,31-16-25(35)20-6-11-24(34)21(13-20)17-33)14-18-4-3-5-19(12-18)15-32-38(36,37)23-9-7-22(8-10-23)27(28,29)30/h3-13,25,31-35H,14-17H2,1-2H3/t25-/m0/s1. The number of hydrogen-bond donors (Lipinski definition) is 5. The van der Waals surface area contributed by atoms with Crippen LogP contribution in [0.4, 0.5) is 13.2 Å². The van der Waals surface area contributed by atoms with Crippen LogP contribution in [0.2, 0.25) is 0 Å². The van der Waals surface area contributed by atoms with Gasteiger partial charge in [0.05, 0.1) is 23.2 Å². The summed E-state index contributed by atoms with van der Waals surface area (Å²) in [5, 5.41) is 32.9. The van der Waals surface area contributed by atoms with Gasteiger partial charge >= 0.3 is 6.18 Å². The topological polar surface area (TPSA) is 119 Å². The number of nitrogens with one attached hydrogen (secondary N) is 2. The van der Waals surface area contributed by atoms with Crippen molar-refractivity contribution in [1.29, 1.82) is 0 Å². The molecule has 206 valence electrons. The van der Waals surface area contributed by atoms with Crippen molar-refractivity contribution in [1.82, 2.24) is 10.0 Å². The fourth-order valence-electron chi connectivity index (χ4n) is 3.94. The van der Waals surface area contributed by atoms with Crippen LogP contribution in [0, 0.1) is 0 Å². The highest BCUT2D eigenvalue weighted by Gasteiger charge is 2.30. The van der Waals surface area contributed by atoms with E-state index in [-0.39, 0.29) is 30.3 Å². The number of sulfonamides is 1. The summed E-state index contributed by atoms with van der Waals surface area (Å²) in [5.74, 6) is -0.0433. The molecule has 0 aromatic heterocycles. The van der Waals surface area contributed by atoms with Crippen molar-refractivity contribution in [2.45, 2.75) is 56.1 Å². The molecule has 3 aromatic carbocycles. The third kappa shape index (κ3) is 8.02. The van der Waals surface area contributed by atoms with Crippen molar-refractivity contribution < 1.29 is 36.9 Å². The number of aliphatic hydroxyl groups excluding tert-OH is 2. The molecule has 3 rings (SSSR count). The number of rotatable bonds is 11. The summed E-state index contributed by atoms with van der Waals surface area (Å²) >= 11 is 0. The van der Waals surface area contributed by atoms with Gasteiger partial charge < -0.3 is 20.6 Å². The maximum absolute atomic E-state index is 12.7. The molecule has 0 aliphatic rings. The zero-order valence-electron chi connectivity index (χ0n) is 21.0. The molecule has 0 aliphatic carbocycles. The molecule has 0 saturated carbocycles. The van der Waals surface area contributed by atoms with Crippen molar-refractivity contribution >= 4 is 10.0 Å². The van der Waals surface area contributed by atoms with E-state index in [9.17, 15) is 36.9 Å². The van der Waals surface area contributed by atoms with Gasteiger partial charge in [0.1, 0.15) is 5.75 Å². The first-order chi connectivity index (χ1) is 17.7. The maximum Gasteiger partial charge on any atom is 0.416 e. The Bertz CT molecular complexity index is 1340. The van der Waals surface area contributed by atoms with E-state index in [1.54, 1.807) is 24.3 Å². The summed E-state index contributed by atoms with van der Waals surface area (Å²) < 4.78 is 65.8. The van der Waals surface area contributed by atoms with Crippen LogP contribution in [0.15, 0.2) is 71.6 Å². The Balaban J connectivity index is 1.59. The van der Waals surface area contributed by atoms with Crippen molar-refractivity contribution in [2.75, 3.05) is 6.54 Å². The molecule has 0 aliphatic heterocycles. The number of benzene rings is 3. The SMILES string of the molecule is CC(C)(Cc1cccc(CNS(=O)(=O)c2ccc(C(F)(F)F)cc2)c1)NC[C@H](O)c1ccc(O)c(CO)c1. The molecular formula is C27H31F3N2O5S. The highest BCUT2D eigenvalue weighted by molar-refractivity contribution is 7.89. The number of halogens is 3. The van der Waals surface area contributed by atoms with Crippen molar-refractivity contribution in [3.05, 3.63) is 94.5 Å². The van der Waals surface area contributed by atoms with Gasteiger partial charge in [-0.15, -0.1) is 0 Å². The summed E-state index contributed by atoms with van der Waals surface area (Å²) in [5.41, 5.74) is 1.09. The molecule has 0 fully saturated rings. The van der Waals surface area contributed by atoms with Crippen molar-refractivity contribution in [3.8, 4) is 5.75 Å². The molecule has 1 atom stereocenters. The number of alkyl halides is 3. The maximum atomic E-state index is 12.7. The molecule has 0 unspecified atom stereocenters. The van der Waals surface area contributed by atoms with Crippen LogP contribution in [-0.4, -0.2) is 35.8 Å². The van der Waals surface area contributed by atoms with E-state index in [4.69, 9.17) is 0 Å². The fraction of sp³-hybridized carbons (Fsp3) is 0.333. The second kappa shape index (κ2) is 11.8. The zero-order chi connectivity index (χ0) is 28.1. The van der Waals surface area contributed by atoms with Gasteiger partial charge in [-0.2, -0.15) is 13.2 Å². The van der Waals surface area contributed by atoms with Crippen molar-refractivity contribution in [3.63, 3.8) is 0 Å². The first-order valence-corrected chi connectivity index (χ1v) is 13.3. The van der Waals surface area contributed by atoms with E-state index in [1.165, 1.54) is 6.07 Å².